The highest BCUT2D eigenvalue weighted by molar-refractivity contribution is 6.30. The van der Waals surface area contributed by atoms with E-state index >= 15 is 0 Å². The molecule has 1 N–H and O–H groups in total. The number of halogens is 2. The van der Waals surface area contributed by atoms with Gasteiger partial charge in [-0.1, -0.05) is 50.8 Å². The van der Waals surface area contributed by atoms with Crippen LogP contribution in [0.3, 0.4) is 0 Å². The first kappa shape index (κ1) is 29.4. The van der Waals surface area contributed by atoms with Crippen molar-refractivity contribution in [2.24, 2.45) is 5.92 Å². The summed E-state index contributed by atoms with van der Waals surface area (Å²) in [5.74, 6) is 1.64. The summed E-state index contributed by atoms with van der Waals surface area (Å²) in [5, 5.41) is 8.32. The molecule has 0 saturated heterocycles. The maximum absolute atomic E-state index is 13.1. The number of carbonyl (C=O) groups is 1. The summed E-state index contributed by atoms with van der Waals surface area (Å²) < 4.78 is 7.88. The van der Waals surface area contributed by atoms with Crippen molar-refractivity contribution >= 4 is 35.7 Å². The molecule has 6 nitrogen and oxygen atoms in total. The molecule has 0 bridgehead atoms. The third-order valence-corrected chi connectivity index (χ3v) is 7.97. The summed E-state index contributed by atoms with van der Waals surface area (Å²) >= 11 is 6.28. The fourth-order valence-electron chi connectivity index (χ4n) is 5.62. The van der Waals surface area contributed by atoms with Gasteiger partial charge in [-0.15, -0.1) is 12.4 Å². The Morgan fingerprint density at radius 2 is 1.90 bits per heavy atom. The zero-order valence-corrected chi connectivity index (χ0v) is 24.8. The molecule has 0 unspecified atom stereocenters. The van der Waals surface area contributed by atoms with Gasteiger partial charge in [0.05, 0.1) is 13.2 Å². The van der Waals surface area contributed by atoms with E-state index in [2.05, 4.69) is 41.3 Å². The van der Waals surface area contributed by atoms with E-state index in [1.807, 2.05) is 41.9 Å². The van der Waals surface area contributed by atoms with Gasteiger partial charge in [0.1, 0.15) is 5.75 Å². The van der Waals surface area contributed by atoms with Crippen molar-refractivity contribution in [3.8, 4) is 5.75 Å². The Bertz CT molecular complexity index is 1280. The van der Waals surface area contributed by atoms with Gasteiger partial charge in [0.25, 0.3) is 5.91 Å². The third kappa shape index (κ3) is 7.36. The van der Waals surface area contributed by atoms with Gasteiger partial charge < -0.3 is 10.1 Å². The lowest BCUT2D eigenvalue weighted by atomic mass is 9.90. The normalized spacial score (nSPS) is 16.0. The van der Waals surface area contributed by atoms with Crippen molar-refractivity contribution in [2.75, 3.05) is 18.5 Å². The van der Waals surface area contributed by atoms with Gasteiger partial charge in [-0.3, -0.25) is 14.4 Å². The second-order valence-corrected chi connectivity index (χ2v) is 11.7. The highest BCUT2D eigenvalue weighted by Crippen LogP contribution is 2.29. The molecule has 2 heterocycles. The van der Waals surface area contributed by atoms with Crippen molar-refractivity contribution in [3.05, 3.63) is 75.4 Å². The number of amides is 1. The molecule has 39 heavy (non-hydrogen) atoms. The largest absolute Gasteiger partial charge is 0.493 e. The first-order valence-electron chi connectivity index (χ1n) is 14.0. The monoisotopic (exact) mass is 570 g/mol. The Morgan fingerprint density at radius 3 is 2.67 bits per heavy atom. The minimum Gasteiger partial charge on any atom is -0.493 e. The smallest absolute Gasteiger partial charge is 0.256 e. The van der Waals surface area contributed by atoms with Gasteiger partial charge >= 0.3 is 0 Å². The molecular weight excluding hydrogens is 531 g/mol. The van der Waals surface area contributed by atoms with Crippen LogP contribution in [0.25, 0.3) is 0 Å². The van der Waals surface area contributed by atoms with E-state index in [-0.39, 0.29) is 18.3 Å². The van der Waals surface area contributed by atoms with Gasteiger partial charge in [-0.2, -0.15) is 5.10 Å². The first-order valence-corrected chi connectivity index (χ1v) is 14.4. The molecule has 2 aromatic carbocycles. The van der Waals surface area contributed by atoms with Crippen LogP contribution in [0, 0.1) is 12.8 Å². The van der Waals surface area contributed by atoms with Gasteiger partial charge in [0.2, 0.25) is 0 Å². The number of aromatic nitrogens is 2. The van der Waals surface area contributed by atoms with Crippen molar-refractivity contribution in [1.82, 2.24) is 14.7 Å². The van der Waals surface area contributed by atoms with Gasteiger partial charge in [0, 0.05) is 47.0 Å². The van der Waals surface area contributed by atoms with Crippen LogP contribution in [-0.2, 0) is 19.5 Å². The highest BCUT2D eigenvalue weighted by Gasteiger charge is 2.25. The molecule has 0 spiro atoms. The van der Waals surface area contributed by atoms with E-state index in [0.29, 0.717) is 35.5 Å². The molecule has 1 amide bonds. The number of hydrogen-bond donors (Lipinski definition) is 1. The number of nitrogens with one attached hydrogen (secondary N) is 1. The average molecular weight is 572 g/mol. The molecular formula is C31H40Cl2N4O2. The van der Waals surface area contributed by atoms with Crippen molar-refractivity contribution in [3.63, 3.8) is 0 Å². The molecule has 8 heteroatoms. The molecule has 1 aromatic heterocycles. The predicted octanol–water partition coefficient (Wildman–Crippen LogP) is 7.29. The Hall–Kier alpha value is -2.54. The lowest BCUT2D eigenvalue weighted by Crippen LogP contribution is -2.40. The molecule has 210 valence electrons. The Kier molecular flexibility index (Phi) is 9.97. The first-order chi connectivity index (χ1) is 18.4. The van der Waals surface area contributed by atoms with Crippen molar-refractivity contribution < 1.29 is 9.53 Å². The fraction of sp³-hybridized carbons (Fsp3) is 0.484. The SMILES string of the molecule is Cc1cc(NC(=O)c2ccc3c(c2)CCN(C2CCCCC2)C3)nn1Cc1cc(Cl)ccc1OCC(C)C.Cl. The highest BCUT2D eigenvalue weighted by atomic mass is 35.5. The van der Waals surface area contributed by atoms with E-state index in [4.69, 9.17) is 16.3 Å². The molecule has 1 aliphatic heterocycles. The Labute approximate surface area is 243 Å². The number of carbonyl (C=O) groups excluding carboxylic acids is 1. The number of rotatable bonds is 8. The fourth-order valence-corrected chi connectivity index (χ4v) is 5.82. The Balaban J connectivity index is 0.00000353. The number of aryl methyl sites for hydroxylation is 1. The summed E-state index contributed by atoms with van der Waals surface area (Å²) in [6, 6.07) is 14.4. The maximum atomic E-state index is 13.1. The number of ether oxygens (including phenoxy) is 1. The molecule has 0 atom stereocenters. The minimum absolute atomic E-state index is 0. The topological polar surface area (TPSA) is 59.4 Å². The number of fused-ring (bicyclic) bond motifs is 1. The second kappa shape index (κ2) is 13.2. The van der Waals surface area contributed by atoms with Crippen LogP contribution in [0.5, 0.6) is 5.75 Å². The van der Waals surface area contributed by atoms with E-state index < -0.39 is 0 Å². The van der Waals surface area contributed by atoms with Crippen LogP contribution < -0.4 is 10.1 Å². The molecule has 2 aliphatic rings. The number of hydrogen-bond acceptors (Lipinski definition) is 4. The van der Waals surface area contributed by atoms with Gasteiger partial charge in [0.15, 0.2) is 5.82 Å². The molecule has 3 aromatic rings. The van der Waals surface area contributed by atoms with Crippen LogP contribution in [0.15, 0.2) is 42.5 Å². The van der Waals surface area contributed by atoms with Crippen LogP contribution >= 0.6 is 24.0 Å². The van der Waals surface area contributed by atoms with Crippen LogP contribution in [0.2, 0.25) is 5.02 Å². The van der Waals surface area contributed by atoms with Crippen LogP contribution in [0.4, 0.5) is 5.82 Å². The van der Waals surface area contributed by atoms with Crippen LogP contribution in [0.1, 0.15) is 78.7 Å². The standard InChI is InChI=1S/C31H39ClN4O2.ClH/c1-21(2)20-38-29-12-11-27(32)17-26(29)19-36-22(3)15-30(34-36)33-31(37)24-9-10-25-18-35(14-13-23(25)16-24)28-7-5-4-6-8-28;/h9-12,15-17,21,28H,4-8,13-14,18-20H2,1-3H3,(H,33,34,37);1H. The number of benzene rings is 2. The Morgan fingerprint density at radius 1 is 1.10 bits per heavy atom. The molecule has 5 rings (SSSR count). The summed E-state index contributed by atoms with van der Waals surface area (Å²) in [5.41, 5.74) is 5.24. The average Bonchev–Trinajstić information content (AvgIpc) is 3.26. The predicted molar refractivity (Wildman–Crippen MR) is 160 cm³/mol. The quantitative estimate of drug-likeness (QED) is 0.309. The molecule has 1 aliphatic carbocycles. The molecule has 1 fully saturated rings. The van der Waals surface area contributed by atoms with Crippen molar-refractivity contribution in [2.45, 2.75) is 78.4 Å². The second-order valence-electron chi connectivity index (χ2n) is 11.2. The zero-order valence-electron chi connectivity index (χ0n) is 23.2. The molecule has 0 radical (unpaired) electrons. The lowest BCUT2D eigenvalue weighted by Gasteiger charge is -2.37. The third-order valence-electron chi connectivity index (χ3n) is 7.74. The van der Waals surface area contributed by atoms with E-state index in [1.54, 1.807) is 0 Å². The molecule has 1 saturated carbocycles. The van der Waals surface area contributed by atoms with Gasteiger partial charge in [-0.25, -0.2) is 0 Å². The summed E-state index contributed by atoms with van der Waals surface area (Å²) in [4.78, 5) is 15.8. The van der Waals surface area contributed by atoms with Crippen LogP contribution in [-0.4, -0.2) is 39.8 Å². The maximum Gasteiger partial charge on any atom is 0.256 e. The summed E-state index contributed by atoms with van der Waals surface area (Å²) in [7, 11) is 0. The van der Waals surface area contributed by atoms with E-state index in [9.17, 15) is 4.79 Å². The van der Waals surface area contributed by atoms with Gasteiger partial charge in [-0.05, 0) is 73.6 Å². The lowest BCUT2D eigenvalue weighted by molar-refractivity contribution is 0.102. The number of nitrogens with zero attached hydrogens (tertiary/aromatic N) is 3. The number of anilines is 1. The summed E-state index contributed by atoms with van der Waals surface area (Å²) in [6.45, 7) is 9.45. The zero-order chi connectivity index (χ0) is 26.6. The van der Waals surface area contributed by atoms with Crippen molar-refractivity contribution in [1.29, 1.82) is 0 Å². The summed E-state index contributed by atoms with van der Waals surface area (Å²) in [6.07, 6.45) is 7.74. The van der Waals surface area contributed by atoms with E-state index in [0.717, 1.165) is 42.6 Å². The van der Waals surface area contributed by atoms with E-state index in [1.165, 1.54) is 43.2 Å². The minimum atomic E-state index is -0.129.